The molecule has 0 spiro atoms. The predicted octanol–water partition coefficient (Wildman–Crippen LogP) is 3.80. The quantitative estimate of drug-likeness (QED) is 0.524. The van der Waals surface area contributed by atoms with Crippen molar-refractivity contribution >= 4 is 50.7 Å². The average Bonchev–Trinajstić information content (AvgIpc) is 3.11. The number of carbonyl (C=O) groups is 1. The van der Waals surface area contributed by atoms with Crippen molar-refractivity contribution in [3.63, 3.8) is 0 Å². The minimum atomic E-state index is -3.42. The summed E-state index contributed by atoms with van der Waals surface area (Å²) in [5.74, 6) is 0.0836. The Labute approximate surface area is 177 Å². The van der Waals surface area contributed by atoms with Gasteiger partial charge in [-0.25, -0.2) is 8.42 Å². The van der Waals surface area contributed by atoms with Gasteiger partial charge >= 0.3 is 0 Å². The summed E-state index contributed by atoms with van der Waals surface area (Å²) in [6.07, 6.45) is 1.07. The van der Waals surface area contributed by atoms with Gasteiger partial charge in [0.15, 0.2) is 0 Å². The second kappa shape index (κ2) is 8.85. The standard InChI is InChI=1S/C18H17ClN4O4S2/c1-11-3-8-14(9-15(11)23-29(2,25)26)20-16(24)10-28-18-22-21-17(27-18)12-4-6-13(19)7-5-12/h3-9,23H,10H2,1-2H3,(H,20,24). The lowest BCUT2D eigenvalue weighted by Crippen LogP contribution is -2.15. The molecule has 152 valence electrons. The number of hydrogen-bond donors (Lipinski definition) is 2. The zero-order chi connectivity index (χ0) is 21.0. The van der Waals surface area contributed by atoms with E-state index < -0.39 is 10.0 Å². The molecular weight excluding hydrogens is 436 g/mol. The number of rotatable bonds is 7. The van der Waals surface area contributed by atoms with Crippen molar-refractivity contribution in [2.24, 2.45) is 0 Å². The summed E-state index contributed by atoms with van der Waals surface area (Å²) in [5.41, 5.74) is 2.34. The fraction of sp³-hybridized carbons (Fsp3) is 0.167. The molecular formula is C18H17ClN4O4S2. The van der Waals surface area contributed by atoms with Crippen LogP contribution in [0.5, 0.6) is 0 Å². The van der Waals surface area contributed by atoms with E-state index in [2.05, 4.69) is 20.2 Å². The van der Waals surface area contributed by atoms with Crippen molar-refractivity contribution in [3.05, 3.63) is 53.1 Å². The number of thioether (sulfide) groups is 1. The zero-order valence-corrected chi connectivity index (χ0v) is 17.9. The van der Waals surface area contributed by atoms with Gasteiger partial charge in [0.05, 0.1) is 17.7 Å². The van der Waals surface area contributed by atoms with E-state index >= 15 is 0 Å². The highest BCUT2D eigenvalue weighted by molar-refractivity contribution is 7.99. The van der Waals surface area contributed by atoms with E-state index in [1.54, 1.807) is 49.4 Å². The molecule has 29 heavy (non-hydrogen) atoms. The van der Waals surface area contributed by atoms with E-state index in [0.29, 0.717) is 22.3 Å². The normalized spacial score (nSPS) is 11.3. The number of halogens is 1. The van der Waals surface area contributed by atoms with Crippen molar-refractivity contribution in [2.75, 3.05) is 22.0 Å². The van der Waals surface area contributed by atoms with Gasteiger partial charge in [0.25, 0.3) is 5.22 Å². The molecule has 2 aromatic carbocycles. The van der Waals surface area contributed by atoms with E-state index in [1.165, 1.54) is 0 Å². The van der Waals surface area contributed by atoms with Crippen LogP contribution in [0, 0.1) is 6.92 Å². The lowest BCUT2D eigenvalue weighted by atomic mass is 10.2. The minimum Gasteiger partial charge on any atom is -0.411 e. The molecule has 0 atom stereocenters. The number of sulfonamides is 1. The summed E-state index contributed by atoms with van der Waals surface area (Å²) in [4.78, 5) is 12.2. The molecule has 3 rings (SSSR count). The minimum absolute atomic E-state index is 0.0466. The van der Waals surface area contributed by atoms with Crippen LogP contribution < -0.4 is 10.0 Å². The number of aryl methyl sites for hydroxylation is 1. The first kappa shape index (κ1) is 21.2. The number of benzene rings is 2. The molecule has 2 N–H and O–H groups in total. The summed E-state index contributed by atoms with van der Waals surface area (Å²) in [7, 11) is -3.42. The first-order chi connectivity index (χ1) is 13.7. The first-order valence-corrected chi connectivity index (χ1v) is 11.6. The lowest BCUT2D eigenvalue weighted by molar-refractivity contribution is -0.113. The van der Waals surface area contributed by atoms with Gasteiger partial charge in [-0.15, -0.1) is 10.2 Å². The molecule has 8 nitrogen and oxygen atoms in total. The molecule has 0 aliphatic carbocycles. The lowest BCUT2D eigenvalue weighted by Gasteiger charge is -2.10. The van der Waals surface area contributed by atoms with E-state index in [9.17, 15) is 13.2 Å². The highest BCUT2D eigenvalue weighted by Crippen LogP contribution is 2.25. The number of nitrogens with one attached hydrogen (secondary N) is 2. The Bertz CT molecular complexity index is 1130. The van der Waals surface area contributed by atoms with E-state index in [4.69, 9.17) is 16.0 Å². The van der Waals surface area contributed by atoms with Crippen LogP contribution in [-0.4, -0.2) is 36.5 Å². The Morgan fingerprint density at radius 3 is 2.59 bits per heavy atom. The maximum Gasteiger partial charge on any atom is 0.277 e. The van der Waals surface area contributed by atoms with Crippen LogP contribution in [0.3, 0.4) is 0 Å². The van der Waals surface area contributed by atoms with Gasteiger partial charge in [-0.2, -0.15) is 0 Å². The largest absolute Gasteiger partial charge is 0.411 e. The molecule has 1 amide bonds. The maximum atomic E-state index is 12.2. The Morgan fingerprint density at radius 2 is 1.90 bits per heavy atom. The molecule has 3 aromatic rings. The Balaban J connectivity index is 1.59. The summed E-state index contributed by atoms with van der Waals surface area (Å²) >= 11 is 6.95. The predicted molar refractivity (Wildman–Crippen MR) is 114 cm³/mol. The molecule has 0 fully saturated rings. The van der Waals surface area contributed by atoms with Crippen molar-refractivity contribution in [1.29, 1.82) is 0 Å². The van der Waals surface area contributed by atoms with Gasteiger partial charge in [0.1, 0.15) is 0 Å². The smallest absolute Gasteiger partial charge is 0.277 e. The average molecular weight is 453 g/mol. The fourth-order valence-corrected chi connectivity index (χ4v) is 3.62. The third-order valence-electron chi connectivity index (χ3n) is 3.64. The van der Waals surface area contributed by atoms with Gasteiger partial charge in [0, 0.05) is 16.3 Å². The molecule has 0 bridgehead atoms. The number of anilines is 2. The molecule has 0 aliphatic rings. The molecule has 0 radical (unpaired) electrons. The van der Waals surface area contributed by atoms with E-state index in [0.717, 1.165) is 29.1 Å². The zero-order valence-electron chi connectivity index (χ0n) is 15.5. The fourth-order valence-electron chi connectivity index (χ4n) is 2.31. The van der Waals surface area contributed by atoms with Gasteiger partial charge in [-0.3, -0.25) is 9.52 Å². The number of carbonyl (C=O) groups excluding carboxylic acids is 1. The highest BCUT2D eigenvalue weighted by Gasteiger charge is 2.12. The maximum absolute atomic E-state index is 12.2. The van der Waals surface area contributed by atoms with Crippen LogP contribution >= 0.6 is 23.4 Å². The molecule has 0 saturated heterocycles. The van der Waals surface area contributed by atoms with Crippen LogP contribution in [-0.2, 0) is 14.8 Å². The van der Waals surface area contributed by atoms with Crippen LogP contribution in [0.4, 0.5) is 11.4 Å². The third-order valence-corrected chi connectivity index (χ3v) is 5.30. The SMILES string of the molecule is Cc1ccc(NC(=O)CSc2nnc(-c3ccc(Cl)cc3)o2)cc1NS(C)(=O)=O. The summed E-state index contributed by atoms with van der Waals surface area (Å²) in [6, 6.07) is 11.9. The molecule has 0 unspecified atom stereocenters. The topological polar surface area (TPSA) is 114 Å². The summed E-state index contributed by atoms with van der Waals surface area (Å²) in [6.45, 7) is 1.77. The van der Waals surface area contributed by atoms with Gasteiger partial charge < -0.3 is 9.73 Å². The van der Waals surface area contributed by atoms with Crippen LogP contribution in [0.1, 0.15) is 5.56 Å². The Hall–Kier alpha value is -2.56. The second-order valence-electron chi connectivity index (χ2n) is 6.12. The monoisotopic (exact) mass is 452 g/mol. The van der Waals surface area contributed by atoms with Crippen LogP contribution in [0.25, 0.3) is 11.5 Å². The van der Waals surface area contributed by atoms with Gasteiger partial charge in [0.2, 0.25) is 21.8 Å². The van der Waals surface area contributed by atoms with Gasteiger partial charge in [-0.05, 0) is 48.9 Å². The van der Waals surface area contributed by atoms with Crippen molar-refractivity contribution in [3.8, 4) is 11.5 Å². The molecule has 1 aromatic heterocycles. The van der Waals surface area contributed by atoms with Crippen molar-refractivity contribution < 1.29 is 17.6 Å². The molecule has 0 saturated carbocycles. The molecule has 1 heterocycles. The molecule has 0 aliphatic heterocycles. The molecule has 11 heteroatoms. The Kier molecular flexibility index (Phi) is 6.46. The van der Waals surface area contributed by atoms with Crippen molar-refractivity contribution in [1.82, 2.24) is 10.2 Å². The first-order valence-electron chi connectivity index (χ1n) is 8.30. The van der Waals surface area contributed by atoms with E-state index in [-0.39, 0.29) is 16.9 Å². The number of nitrogens with zero attached hydrogens (tertiary/aromatic N) is 2. The van der Waals surface area contributed by atoms with E-state index in [1.807, 2.05) is 0 Å². The van der Waals surface area contributed by atoms with Crippen molar-refractivity contribution in [2.45, 2.75) is 12.1 Å². The van der Waals surface area contributed by atoms with Crippen LogP contribution in [0.2, 0.25) is 5.02 Å². The number of hydrogen-bond acceptors (Lipinski definition) is 7. The second-order valence-corrected chi connectivity index (χ2v) is 9.23. The van der Waals surface area contributed by atoms with Crippen LogP contribution in [0.15, 0.2) is 52.1 Å². The number of aromatic nitrogens is 2. The Morgan fingerprint density at radius 1 is 1.17 bits per heavy atom. The third kappa shape index (κ3) is 6.21. The number of amides is 1. The van der Waals surface area contributed by atoms with Gasteiger partial charge in [-0.1, -0.05) is 29.4 Å². The summed E-state index contributed by atoms with van der Waals surface area (Å²) in [5, 5.41) is 11.4. The summed E-state index contributed by atoms with van der Waals surface area (Å²) < 4.78 is 30.8. The highest BCUT2D eigenvalue weighted by atomic mass is 35.5.